The van der Waals surface area contributed by atoms with Gasteiger partial charge in [-0.25, -0.2) is 9.78 Å². The number of carbonyl (C=O) groups excluding carboxylic acids is 1. The number of ether oxygens (including phenoxy) is 2. The number of halogens is 2. The van der Waals surface area contributed by atoms with Crippen LogP contribution in [0, 0.1) is 5.92 Å². The van der Waals surface area contributed by atoms with Gasteiger partial charge >= 0.3 is 6.09 Å². The highest BCUT2D eigenvalue weighted by Crippen LogP contribution is 2.30. The second kappa shape index (κ2) is 8.56. The van der Waals surface area contributed by atoms with Gasteiger partial charge in [0.15, 0.2) is 5.75 Å². The molecule has 0 saturated carbocycles. The van der Waals surface area contributed by atoms with Gasteiger partial charge in [0.1, 0.15) is 17.4 Å². The maximum Gasteiger partial charge on any atom is 0.405 e. The van der Waals surface area contributed by atoms with Gasteiger partial charge in [0.25, 0.3) is 0 Å². The van der Waals surface area contributed by atoms with Crippen molar-refractivity contribution in [1.29, 1.82) is 0 Å². The van der Waals surface area contributed by atoms with Gasteiger partial charge in [0, 0.05) is 11.8 Å². The molecule has 2 aromatic heterocycles. The summed E-state index contributed by atoms with van der Waals surface area (Å²) in [5.74, 6) is 0.675. The first-order valence-corrected chi connectivity index (χ1v) is 8.83. The Morgan fingerprint density at radius 1 is 1.31 bits per heavy atom. The van der Waals surface area contributed by atoms with Crippen LogP contribution in [0.5, 0.6) is 5.75 Å². The standard InChI is InChI=1S/C18H21Cl2N3O3/c1-11(2)8-18(3,26-17(21)24)10-25-15-9-23-14(7-13(15)19)12-4-5-22-16(20)6-12/h4-7,9,11H,8,10H2,1-3H3,(H2,21,24)/t18-/m0/s1. The summed E-state index contributed by atoms with van der Waals surface area (Å²) in [7, 11) is 0. The van der Waals surface area contributed by atoms with Crippen LogP contribution in [-0.2, 0) is 4.74 Å². The lowest BCUT2D eigenvalue weighted by Gasteiger charge is -2.30. The average molecular weight is 398 g/mol. The van der Waals surface area contributed by atoms with E-state index in [1.54, 1.807) is 31.3 Å². The molecule has 0 saturated heterocycles. The molecule has 0 aliphatic carbocycles. The van der Waals surface area contributed by atoms with Crippen LogP contribution < -0.4 is 10.5 Å². The molecule has 8 heteroatoms. The molecule has 26 heavy (non-hydrogen) atoms. The number of amides is 1. The largest absolute Gasteiger partial charge is 0.486 e. The molecule has 1 amide bonds. The van der Waals surface area contributed by atoms with Crippen molar-refractivity contribution < 1.29 is 14.3 Å². The van der Waals surface area contributed by atoms with Crippen LogP contribution in [0.1, 0.15) is 27.2 Å². The van der Waals surface area contributed by atoms with E-state index in [1.807, 2.05) is 13.8 Å². The highest BCUT2D eigenvalue weighted by molar-refractivity contribution is 6.32. The fraction of sp³-hybridized carbons (Fsp3) is 0.389. The van der Waals surface area contributed by atoms with Gasteiger partial charge < -0.3 is 15.2 Å². The van der Waals surface area contributed by atoms with Crippen molar-refractivity contribution in [3.8, 4) is 17.0 Å². The summed E-state index contributed by atoms with van der Waals surface area (Å²) in [5, 5.41) is 0.753. The zero-order valence-corrected chi connectivity index (χ0v) is 16.3. The second-order valence-electron chi connectivity index (χ2n) is 6.62. The lowest BCUT2D eigenvalue weighted by Crippen LogP contribution is -2.41. The van der Waals surface area contributed by atoms with Crippen molar-refractivity contribution >= 4 is 29.3 Å². The maximum atomic E-state index is 11.2. The van der Waals surface area contributed by atoms with Gasteiger partial charge in [0.05, 0.1) is 16.9 Å². The third kappa shape index (κ3) is 5.75. The van der Waals surface area contributed by atoms with Crippen molar-refractivity contribution in [1.82, 2.24) is 9.97 Å². The van der Waals surface area contributed by atoms with E-state index >= 15 is 0 Å². The molecule has 1 atom stereocenters. The van der Waals surface area contributed by atoms with E-state index in [2.05, 4.69) is 9.97 Å². The molecule has 0 radical (unpaired) electrons. The van der Waals surface area contributed by atoms with Crippen molar-refractivity contribution in [2.75, 3.05) is 6.61 Å². The molecule has 0 aromatic carbocycles. The predicted octanol–water partition coefficient (Wildman–Crippen LogP) is 4.73. The minimum atomic E-state index is -0.860. The number of aromatic nitrogens is 2. The molecule has 0 aliphatic rings. The van der Waals surface area contributed by atoms with E-state index in [-0.39, 0.29) is 12.5 Å². The molecular formula is C18H21Cl2N3O3. The van der Waals surface area contributed by atoms with Crippen LogP contribution in [0.25, 0.3) is 11.3 Å². The molecule has 0 fully saturated rings. The van der Waals surface area contributed by atoms with E-state index in [1.165, 1.54) is 6.20 Å². The average Bonchev–Trinajstić information content (AvgIpc) is 2.52. The first-order valence-electron chi connectivity index (χ1n) is 8.07. The molecule has 2 heterocycles. The smallest absolute Gasteiger partial charge is 0.405 e. The van der Waals surface area contributed by atoms with E-state index in [0.29, 0.717) is 28.0 Å². The highest BCUT2D eigenvalue weighted by atomic mass is 35.5. The molecule has 2 aromatic rings. The zero-order chi connectivity index (χ0) is 19.3. The predicted molar refractivity (Wildman–Crippen MR) is 102 cm³/mol. The fourth-order valence-electron chi connectivity index (χ4n) is 2.71. The number of rotatable bonds is 7. The Kier molecular flexibility index (Phi) is 6.67. The maximum absolute atomic E-state index is 11.2. The number of hydrogen-bond acceptors (Lipinski definition) is 5. The quantitative estimate of drug-likeness (QED) is 0.682. The van der Waals surface area contributed by atoms with Crippen LogP contribution >= 0.6 is 23.2 Å². The lowest BCUT2D eigenvalue weighted by molar-refractivity contribution is -0.0186. The number of primary amides is 1. The number of carbonyl (C=O) groups is 1. The van der Waals surface area contributed by atoms with Gasteiger partial charge in [-0.1, -0.05) is 37.0 Å². The minimum Gasteiger partial charge on any atom is -0.486 e. The van der Waals surface area contributed by atoms with E-state index in [9.17, 15) is 4.79 Å². The normalized spacial score (nSPS) is 13.3. The summed E-state index contributed by atoms with van der Waals surface area (Å²) in [6, 6.07) is 5.16. The minimum absolute atomic E-state index is 0.107. The van der Waals surface area contributed by atoms with Crippen LogP contribution in [-0.4, -0.2) is 28.3 Å². The summed E-state index contributed by atoms with van der Waals surface area (Å²) in [6.07, 6.45) is 2.86. The monoisotopic (exact) mass is 397 g/mol. The Hall–Kier alpha value is -2.05. The summed E-state index contributed by atoms with van der Waals surface area (Å²) in [5.41, 5.74) is 5.75. The Bertz CT molecular complexity index is 786. The van der Waals surface area contributed by atoms with E-state index in [0.717, 1.165) is 5.56 Å². The van der Waals surface area contributed by atoms with E-state index < -0.39 is 11.7 Å². The molecule has 0 bridgehead atoms. The summed E-state index contributed by atoms with van der Waals surface area (Å²) in [4.78, 5) is 19.5. The van der Waals surface area contributed by atoms with Gasteiger partial charge in [-0.3, -0.25) is 4.98 Å². The lowest BCUT2D eigenvalue weighted by atomic mass is 9.95. The third-order valence-corrected chi connectivity index (χ3v) is 4.06. The molecule has 140 valence electrons. The Morgan fingerprint density at radius 2 is 2.04 bits per heavy atom. The number of hydrogen-bond donors (Lipinski definition) is 1. The van der Waals surface area contributed by atoms with E-state index in [4.69, 9.17) is 38.4 Å². The van der Waals surface area contributed by atoms with Gasteiger partial charge in [-0.2, -0.15) is 0 Å². The van der Waals surface area contributed by atoms with Gasteiger partial charge in [0.2, 0.25) is 0 Å². The topological polar surface area (TPSA) is 87.3 Å². The SMILES string of the molecule is CC(C)C[C@@](C)(COc1cnc(-c2ccnc(Cl)c2)cc1Cl)OC(N)=O. The number of nitrogens with zero attached hydrogens (tertiary/aromatic N) is 2. The zero-order valence-electron chi connectivity index (χ0n) is 14.8. The second-order valence-corrected chi connectivity index (χ2v) is 7.42. The van der Waals surface area contributed by atoms with Crippen molar-refractivity contribution in [3.63, 3.8) is 0 Å². The summed E-state index contributed by atoms with van der Waals surface area (Å²) >= 11 is 12.2. The summed E-state index contributed by atoms with van der Waals surface area (Å²) < 4.78 is 11.0. The fourth-order valence-corrected chi connectivity index (χ4v) is 3.09. The van der Waals surface area contributed by atoms with Crippen LogP contribution in [0.3, 0.4) is 0 Å². The summed E-state index contributed by atoms with van der Waals surface area (Å²) in [6.45, 7) is 5.92. The molecule has 2 N–H and O–H groups in total. The third-order valence-electron chi connectivity index (χ3n) is 3.56. The number of nitrogens with two attached hydrogens (primary N) is 1. The van der Waals surface area contributed by atoms with Gasteiger partial charge in [-0.15, -0.1) is 0 Å². The first kappa shape index (κ1) is 20.3. The molecule has 0 unspecified atom stereocenters. The van der Waals surface area contributed by atoms with Crippen molar-refractivity contribution in [2.45, 2.75) is 32.8 Å². The Labute approximate surface area is 162 Å². The Morgan fingerprint density at radius 3 is 2.62 bits per heavy atom. The van der Waals surface area contributed by atoms with Crippen molar-refractivity contribution in [2.24, 2.45) is 11.7 Å². The highest BCUT2D eigenvalue weighted by Gasteiger charge is 2.30. The molecule has 0 aliphatic heterocycles. The van der Waals surface area contributed by atoms with Crippen molar-refractivity contribution in [3.05, 3.63) is 40.8 Å². The van der Waals surface area contributed by atoms with Crippen LogP contribution in [0.2, 0.25) is 10.2 Å². The van der Waals surface area contributed by atoms with Crippen LogP contribution in [0.4, 0.5) is 4.79 Å². The molecular weight excluding hydrogens is 377 g/mol. The number of pyridine rings is 2. The first-order chi connectivity index (χ1) is 12.2. The molecule has 2 rings (SSSR count). The molecule has 0 spiro atoms. The molecule has 6 nitrogen and oxygen atoms in total. The van der Waals surface area contributed by atoms with Crippen LogP contribution in [0.15, 0.2) is 30.6 Å². The van der Waals surface area contributed by atoms with Gasteiger partial charge in [-0.05, 0) is 37.5 Å². The Balaban J connectivity index is 2.15.